The molecule has 2 nitrogen and oxygen atoms in total. The van der Waals surface area contributed by atoms with E-state index in [1.54, 1.807) is 6.08 Å². The van der Waals surface area contributed by atoms with Crippen LogP contribution in [-0.4, -0.2) is 0 Å². The standard InChI is InChI=1S/C24H22N2.2C12H10.C12H12.C2H6/c25-22-12-6-19(7-13-22)21-10-16-24(17-11-21)26-23-14-8-20(9-15-23)18-4-2-1-3-5-18;2*1-3-7-11(8-4-1)12-9-5-2-6-10-12;1-3-8-11(4-2)12-9-6-5-7-10-12;1-2/h2,4-17,26H,1,3,25H2;2*1-10H;3-10H,1-2H2;1-2H3/b;;;11-8+;. The molecule has 8 aromatic carbocycles. The van der Waals surface area contributed by atoms with E-state index in [2.05, 4.69) is 194 Å². The van der Waals surface area contributed by atoms with Crippen molar-refractivity contribution in [2.75, 3.05) is 11.1 Å². The number of benzene rings is 8. The average Bonchev–Trinajstić information content (AvgIpc) is 3.39. The van der Waals surface area contributed by atoms with Crippen molar-refractivity contribution in [3.63, 3.8) is 0 Å². The SMILES string of the molecule is C=C/C=C(\C=C)c1ccccc1.CC.Nc1ccc(-c2ccc(Nc3ccc(C4=CCCC=C4)cc3)cc2)cc1.c1ccc(-c2ccccc2)cc1.c1ccc(-c2ccccc2)cc1. The Hall–Kier alpha value is -7.94. The van der Waals surface area contributed by atoms with E-state index in [1.165, 1.54) is 50.1 Å². The van der Waals surface area contributed by atoms with Crippen LogP contribution in [0.3, 0.4) is 0 Å². The number of hydrogen-bond acceptors (Lipinski definition) is 2. The first-order valence-electron chi connectivity index (χ1n) is 22.0. The van der Waals surface area contributed by atoms with Crippen LogP contribution in [0.15, 0.2) is 274 Å². The Balaban J connectivity index is 0.000000171. The monoisotopic (exact) mass is 832 g/mol. The zero-order valence-corrected chi connectivity index (χ0v) is 37.2. The Labute approximate surface area is 382 Å². The van der Waals surface area contributed by atoms with E-state index < -0.39 is 0 Å². The van der Waals surface area contributed by atoms with E-state index in [0.717, 1.165) is 35.5 Å². The molecule has 3 N–H and O–H groups in total. The van der Waals surface area contributed by atoms with Crippen molar-refractivity contribution in [3.05, 3.63) is 285 Å². The summed E-state index contributed by atoms with van der Waals surface area (Å²) in [5.74, 6) is 0. The lowest BCUT2D eigenvalue weighted by atomic mass is 9.99. The normalized spacial score (nSPS) is 11.2. The van der Waals surface area contributed by atoms with Crippen molar-refractivity contribution in [3.8, 4) is 33.4 Å². The first-order chi connectivity index (χ1) is 31.6. The lowest BCUT2D eigenvalue weighted by molar-refractivity contribution is 1.04. The fourth-order valence-corrected chi connectivity index (χ4v) is 6.72. The zero-order valence-electron chi connectivity index (χ0n) is 37.2. The molecule has 0 unspecified atom stereocenters. The predicted molar refractivity (Wildman–Crippen MR) is 282 cm³/mol. The minimum atomic E-state index is 0.787. The molecule has 2 heteroatoms. The first-order valence-corrected chi connectivity index (χ1v) is 22.0. The van der Waals surface area contributed by atoms with E-state index >= 15 is 0 Å². The Morgan fingerprint density at radius 3 is 1.16 bits per heavy atom. The number of allylic oxidation sites excluding steroid dienone is 8. The fourth-order valence-electron chi connectivity index (χ4n) is 6.72. The second-order valence-electron chi connectivity index (χ2n) is 14.4. The lowest BCUT2D eigenvalue weighted by Crippen LogP contribution is -1.91. The van der Waals surface area contributed by atoms with Gasteiger partial charge >= 0.3 is 0 Å². The molecule has 0 heterocycles. The van der Waals surface area contributed by atoms with E-state index in [1.807, 2.05) is 92.7 Å². The fraction of sp³-hybridized carbons (Fsp3) is 0.0645. The van der Waals surface area contributed by atoms with Gasteiger partial charge < -0.3 is 11.1 Å². The van der Waals surface area contributed by atoms with Crippen molar-refractivity contribution in [1.29, 1.82) is 0 Å². The minimum Gasteiger partial charge on any atom is -0.399 e. The summed E-state index contributed by atoms with van der Waals surface area (Å²) < 4.78 is 0. The van der Waals surface area contributed by atoms with Crippen molar-refractivity contribution in [2.45, 2.75) is 26.7 Å². The minimum absolute atomic E-state index is 0.787. The Morgan fingerprint density at radius 2 is 0.797 bits per heavy atom. The molecule has 318 valence electrons. The van der Waals surface area contributed by atoms with Gasteiger partial charge in [0.1, 0.15) is 0 Å². The number of nitrogens with two attached hydrogens (primary N) is 1. The van der Waals surface area contributed by atoms with Crippen LogP contribution in [0.25, 0.3) is 44.5 Å². The van der Waals surface area contributed by atoms with Gasteiger partial charge in [-0.2, -0.15) is 0 Å². The molecule has 0 fully saturated rings. The van der Waals surface area contributed by atoms with Crippen molar-refractivity contribution in [1.82, 2.24) is 0 Å². The quantitative estimate of drug-likeness (QED) is 0.112. The first kappa shape index (κ1) is 47.1. The summed E-state index contributed by atoms with van der Waals surface area (Å²) in [6.45, 7) is 11.4. The zero-order chi connectivity index (χ0) is 45.0. The van der Waals surface area contributed by atoms with E-state index in [4.69, 9.17) is 5.73 Å². The second-order valence-corrected chi connectivity index (χ2v) is 14.4. The molecule has 9 rings (SSSR count). The van der Waals surface area contributed by atoms with Crippen LogP contribution in [0, 0.1) is 0 Å². The molecule has 0 aliphatic heterocycles. The maximum Gasteiger partial charge on any atom is 0.0384 e. The van der Waals surface area contributed by atoms with Gasteiger partial charge in [0.15, 0.2) is 0 Å². The average molecular weight is 833 g/mol. The summed E-state index contributed by atoms with van der Waals surface area (Å²) in [6, 6.07) is 76.7. The van der Waals surface area contributed by atoms with Gasteiger partial charge in [0, 0.05) is 17.1 Å². The van der Waals surface area contributed by atoms with Crippen LogP contribution in [0.4, 0.5) is 17.1 Å². The van der Waals surface area contributed by atoms with Crippen LogP contribution in [-0.2, 0) is 0 Å². The van der Waals surface area contributed by atoms with E-state index in [0.29, 0.717) is 0 Å². The van der Waals surface area contributed by atoms with Crippen LogP contribution >= 0.6 is 0 Å². The van der Waals surface area contributed by atoms with Gasteiger partial charge in [-0.3, -0.25) is 0 Å². The van der Waals surface area contributed by atoms with Crippen molar-refractivity contribution >= 4 is 28.2 Å². The maximum atomic E-state index is 5.76. The largest absolute Gasteiger partial charge is 0.399 e. The highest BCUT2D eigenvalue weighted by molar-refractivity contribution is 5.77. The number of hydrogen-bond donors (Lipinski definition) is 2. The van der Waals surface area contributed by atoms with Gasteiger partial charge in [0.05, 0.1) is 0 Å². The smallest absolute Gasteiger partial charge is 0.0384 e. The summed E-state index contributed by atoms with van der Waals surface area (Å²) in [5, 5.41) is 3.46. The van der Waals surface area contributed by atoms with Crippen LogP contribution in [0.1, 0.15) is 37.8 Å². The van der Waals surface area contributed by atoms with Gasteiger partial charge in [0.25, 0.3) is 0 Å². The van der Waals surface area contributed by atoms with Crippen LogP contribution in [0.5, 0.6) is 0 Å². The molecule has 64 heavy (non-hydrogen) atoms. The highest BCUT2D eigenvalue weighted by Gasteiger charge is 2.03. The molecule has 0 aromatic heterocycles. The highest BCUT2D eigenvalue weighted by Crippen LogP contribution is 2.27. The predicted octanol–water partition coefficient (Wildman–Crippen LogP) is 17.6. The lowest BCUT2D eigenvalue weighted by Gasteiger charge is -2.10. The van der Waals surface area contributed by atoms with E-state index in [9.17, 15) is 0 Å². The summed E-state index contributed by atoms with van der Waals surface area (Å²) in [7, 11) is 0. The molecular weight excluding hydrogens is 773 g/mol. The summed E-state index contributed by atoms with van der Waals surface area (Å²) in [5.41, 5.74) is 21.0. The molecule has 0 amide bonds. The van der Waals surface area contributed by atoms with Crippen LogP contribution < -0.4 is 11.1 Å². The molecule has 0 bridgehead atoms. The third kappa shape index (κ3) is 15.5. The molecule has 8 aromatic rings. The molecule has 0 saturated carbocycles. The van der Waals surface area contributed by atoms with Gasteiger partial charge in [-0.05, 0) is 105 Å². The Kier molecular flexibility index (Phi) is 19.9. The third-order valence-corrected chi connectivity index (χ3v) is 10.0. The number of anilines is 3. The molecule has 0 atom stereocenters. The summed E-state index contributed by atoms with van der Waals surface area (Å²) >= 11 is 0. The number of nitrogens with one attached hydrogen (secondary N) is 1. The molecule has 0 spiro atoms. The maximum absolute atomic E-state index is 5.76. The topological polar surface area (TPSA) is 38.0 Å². The molecular formula is C62H60N2. The van der Waals surface area contributed by atoms with Crippen molar-refractivity contribution in [2.24, 2.45) is 0 Å². The Bertz CT molecular complexity index is 2460. The number of nitrogen functional groups attached to an aromatic ring is 1. The molecule has 0 saturated heterocycles. The highest BCUT2D eigenvalue weighted by atomic mass is 14.9. The summed E-state index contributed by atoms with van der Waals surface area (Å²) in [6.07, 6.45) is 14.6. The van der Waals surface area contributed by atoms with Gasteiger partial charge in [-0.1, -0.05) is 252 Å². The molecule has 1 aliphatic carbocycles. The number of rotatable bonds is 9. The summed E-state index contributed by atoms with van der Waals surface area (Å²) in [4.78, 5) is 0. The third-order valence-electron chi connectivity index (χ3n) is 10.0. The van der Waals surface area contributed by atoms with Gasteiger partial charge in [0.2, 0.25) is 0 Å². The van der Waals surface area contributed by atoms with Crippen molar-refractivity contribution < 1.29 is 0 Å². The molecule has 0 radical (unpaired) electrons. The van der Waals surface area contributed by atoms with Gasteiger partial charge in [-0.25, -0.2) is 0 Å². The van der Waals surface area contributed by atoms with Crippen LogP contribution in [0.2, 0.25) is 0 Å². The molecule has 1 aliphatic rings. The van der Waals surface area contributed by atoms with E-state index in [-0.39, 0.29) is 0 Å². The Morgan fingerprint density at radius 1 is 0.438 bits per heavy atom. The van der Waals surface area contributed by atoms with Gasteiger partial charge in [-0.15, -0.1) is 0 Å². The second kappa shape index (κ2) is 27.1.